The monoisotopic (exact) mass is 260 g/mol. The molecule has 1 aromatic carbocycles. The lowest BCUT2D eigenvalue weighted by Gasteiger charge is -2.18. The summed E-state index contributed by atoms with van der Waals surface area (Å²) >= 11 is 0. The summed E-state index contributed by atoms with van der Waals surface area (Å²) in [5, 5.41) is 12.1. The average molecular weight is 260 g/mol. The molecular weight excluding hydrogens is 236 g/mol. The average Bonchev–Trinajstić information content (AvgIpc) is 2.81. The lowest BCUT2D eigenvalue weighted by molar-refractivity contribution is 0.387. The van der Waals surface area contributed by atoms with E-state index in [1.54, 1.807) is 0 Å². The van der Waals surface area contributed by atoms with Crippen LogP contribution in [0.15, 0.2) is 24.3 Å². The Kier molecular flexibility index (Phi) is 4.91. The summed E-state index contributed by atoms with van der Waals surface area (Å²) in [4.78, 5) is 0. The summed E-state index contributed by atoms with van der Waals surface area (Å²) in [6, 6.07) is 8.56. The van der Waals surface area contributed by atoms with Crippen molar-refractivity contribution in [1.82, 2.24) is 20.3 Å². The predicted molar refractivity (Wildman–Crippen MR) is 79.2 cm³/mol. The molecule has 104 valence electrons. The first kappa shape index (κ1) is 14.0. The smallest absolute Gasteiger partial charge is 0.113 e. The third kappa shape index (κ3) is 3.53. The van der Waals surface area contributed by atoms with Crippen LogP contribution in [0.2, 0.25) is 0 Å². The van der Waals surface area contributed by atoms with Gasteiger partial charge in [-0.2, -0.15) is 0 Å². The number of rotatable bonds is 7. The highest BCUT2D eigenvalue weighted by atomic mass is 15.4. The van der Waals surface area contributed by atoms with Crippen molar-refractivity contribution < 1.29 is 0 Å². The highest BCUT2D eigenvalue weighted by Gasteiger charge is 2.14. The number of hydrogen-bond acceptors (Lipinski definition) is 3. The van der Waals surface area contributed by atoms with Gasteiger partial charge in [0.1, 0.15) is 5.52 Å². The molecular formula is C15H24N4. The Labute approximate surface area is 115 Å². The molecule has 2 aromatic rings. The van der Waals surface area contributed by atoms with Crippen LogP contribution in [0.3, 0.4) is 0 Å². The zero-order valence-electron chi connectivity index (χ0n) is 12.1. The maximum Gasteiger partial charge on any atom is 0.113 e. The number of nitrogens with zero attached hydrogens (tertiary/aromatic N) is 3. The first-order valence-corrected chi connectivity index (χ1v) is 7.23. The molecule has 2 rings (SSSR count). The summed E-state index contributed by atoms with van der Waals surface area (Å²) in [5.74, 6) is 0.676. The van der Waals surface area contributed by atoms with Crippen molar-refractivity contribution in [3.63, 3.8) is 0 Å². The molecule has 0 bridgehead atoms. The van der Waals surface area contributed by atoms with Crippen LogP contribution in [0.1, 0.15) is 39.7 Å². The van der Waals surface area contributed by atoms with Gasteiger partial charge >= 0.3 is 0 Å². The summed E-state index contributed by atoms with van der Waals surface area (Å²) in [6.45, 7) is 8.68. The largest absolute Gasteiger partial charge is 0.314 e. The van der Waals surface area contributed by atoms with Crippen molar-refractivity contribution in [1.29, 1.82) is 0 Å². The molecule has 0 saturated carbocycles. The summed E-state index contributed by atoms with van der Waals surface area (Å²) in [7, 11) is 0. The maximum absolute atomic E-state index is 4.34. The van der Waals surface area contributed by atoms with E-state index in [0.717, 1.165) is 37.0 Å². The Hall–Kier alpha value is -1.42. The van der Waals surface area contributed by atoms with Gasteiger partial charge in [0, 0.05) is 6.54 Å². The van der Waals surface area contributed by atoms with Crippen LogP contribution in [0.25, 0.3) is 11.0 Å². The van der Waals surface area contributed by atoms with Crippen molar-refractivity contribution in [2.75, 3.05) is 13.1 Å². The number of benzene rings is 1. The molecule has 1 atom stereocenters. The summed E-state index contributed by atoms with van der Waals surface area (Å²) in [6.07, 6.45) is 2.28. The fourth-order valence-corrected chi connectivity index (χ4v) is 2.34. The minimum absolute atomic E-state index is 0.385. The van der Waals surface area contributed by atoms with Crippen molar-refractivity contribution in [2.45, 2.75) is 39.7 Å². The van der Waals surface area contributed by atoms with Crippen LogP contribution in [-0.2, 0) is 0 Å². The van der Waals surface area contributed by atoms with E-state index in [2.05, 4.69) is 47.1 Å². The second-order valence-corrected chi connectivity index (χ2v) is 5.52. The Bertz CT molecular complexity index is 504. The molecule has 0 spiro atoms. The maximum atomic E-state index is 4.34. The standard InChI is InChI=1S/C15H24N4/c1-4-7-13(11-16-10-12(2)3)19-15-9-6-5-8-14(15)17-18-19/h5-6,8-9,12-13,16H,4,7,10-11H2,1-3H3. The van der Waals surface area contributed by atoms with Crippen molar-refractivity contribution in [2.24, 2.45) is 5.92 Å². The molecule has 0 saturated heterocycles. The molecule has 0 amide bonds. The van der Waals surface area contributed by atoms with Gasteiger partial charge in [0.05, 0.1) is 11.6 Å². The molecule has 4 nitrogen and oxygen atoms in total. The van der Waals surface area contributed by atoms with Gasteiger partial charge in [-0.15, -0.1) is 5.10 Å². The van der Waals surface area contributed by atoms with Crippen molar-refractivity contribution in [3.05, 3.63) is 24.3 Å². The number of aromatic nitrogens is 3. The van der Waals surface area contributed by atoms with E-state index >= 15 is 0 Å². The molecule has 1 heterocycles. The van der Waals surface area contributed by atoms with Gasteiger partial charge in [-0.1, -0.05) is 44.5 Å². The number of para-hydroxylation sites is 1. The van der Waals surface area contributed by atoms with E-state index in [4.69, 9.17) is 0 Å². The van der Waals surface area contributed by atoms with Crippen LogP contribution in [0, 0.1) is 5.92 Å². The number of nitrogens with one attached hydrogen (secondary N) is 1. The lowest BCUT2D eigenvalue weighted by atomic mass is 10.1. The van der Waals surface area contributed by atoms with Crippen LogP contribution in [0.5, 0.6) is 0 Å². The Morgan fingerprint density at radius 2 is 2.00 bits per heavy atom. The predicted octanol–water partition coefficient (Wildman–Crippen LogP) is 3.02. The fourth-order valence-electron chi connectivity index (χ4n) is 2.34. The third-order valence-electron chi connectivity index (χ3n) is 3.28. The molecule has 1 aromatic heterocycles. The minimum Gasteiger partial charge on any atom is -0.314 e. The highest BCUT2D eigenvalue weighted by Crippen LogP contribution is 2.18. The van der Waals surface area contributed by atoms with E-state index in [-0.39, 0.29) is 0 Å². The first-order chi connectivity index (χ1) is 9.22. The quantitative estimate of drug-likeness (QED) is 0.832. The van der Waals surface area contributed by atoms with Gasteiger partial charge in [0.2, 0.25) is 0 Å². The van der Waals surface area contributed by atoms with Gasteiger partial charge in [-0.05, 0) is 31.0 Å². The Balaban J connectivity index is 2.13. The molecule has 1 unspecified atom stereocenters. The van der Waals surface area contributed by atoms with Gasteiger partial charge in [-0.3, -0.25) is 0 Å². The van der Waals surface area contributed by atoms with Crippen LogP contribution in [-0.4, -0.2) is 28.1 Å². The SMILES string of the molecule is CCCC(CNCC(C)C)n1nnc2ccccc21. The van der Waals surface area contributed by atoms with E-state index in [1.807, 2.05) is 18.2 Å². The van der Waals surface area contributed by atoms with E-state index in [0.29, 0.717) is 12.0 Å². The van der Waals surface area contributed by atoms with Crippen LogP contribution in [0.4, 0.5) is 0 Å². The second-order valence-electron chi connectivity index (χ2n) is 5.52. The minimum atomic E-state index is 0.385. The first-order valence-electron chi connectivity index (χ1n) is 7.23. The topological polar surface area (TPSA) is 42.7 Å². The summed E-state index contributed by atoms with van der Waals surface area (Å²) < 4.78 is 2.08. The van der Waals surface area contributed by atoms with Crippen LogP contribution >= 0.6 is 0 Å². The fraction of sp³-hybridized carbons (Fsp3) is 0.600. The molecule has 0 aliphatic heterocycles. The number of fused-ring (bicyclic) bond motifs is 1. The molecule has 0 radical (unpaired) electrons. The van der Waals surface area contributed by atoms with Gasteiger partial charge in [0.25, 0.3) is 0 Å². The Morgan fingerprint density at radius 1 is 1.21 bits per heavy atom. The molecule has 0 aliphatic rings. The van der Waals surface area contributed by atoms with Gasteiger partial charge in [0.15, 0.2) is 0 Å². The zero-order chi connectivity index (χ0) is 13.7. The summed E-state index contributed by atoms with van der Waals surface area (Å²) in [5.41, 5.74) is 2.11. The van der Waals surface area contributed by atoms with Crippen LogP contribution < -0.4 is 5.32 Å². The normalized spacial score (nSPS) is 13.3. The van der Waals surface area contributed by atoms with E-state index in [9.17, 15) is 0 Å². The lowest BCUT2D eigenvalue weighted by Crippen LogP contribution is -2.28. The zero-order valence-corrected chi connectivity index (χ0v) is 12.1. The molecule has 0 fully saturated rings. The molecule has 0 aliphatic carbocycles. The van der Waals surface area contributed by atoms with E-state index < -0.39 is 0 Å². The molecule has 19 heavy (non-hydrogen) atoms. The second kappa shape index (κ2) is 6.66. The number of hydrogen-bond donors (Lipinski definition) is 1. The third-order valence-corrected chi connectivity index (χ3v) is 3.28. The highest BCUT2D eigenvalue weighted by molar-refractivity contribution is 5.73. The van der Waals surface area contributed by atoms with Gasteiger partial charge < -0.3 is 5.32 Å². The molecule has 1 N–H and O–H groups in total. The van der Waals surface area contributed by atoms with Crippen molar-refractivity contribution >= 4 is 11.0 Å². The molecule has 4 heteroatoms. The van der Waals surface area contributed by atoms with E-state index in [1.165, 1.54) is 0 Å². The Morgan fingerprint density at radius 3 is 2.74 bits per heavy atom. The van der Waals surface area contributed by atoms with Gasteiger partial charge in [-0.25, -0.2) is 4.68 Å². The van der Waals surface area contributed by atoms with Crippen molar-refractivity contribution in [3.8, 4) is 0 Å².